The Bertz CT molecular complexity index is 999. The maximum Gasteiger partial charge on any atom is 0.270 e. The zero-order valence-electron chi connectivity index (χ0n) is 16.3. The van der Waals surface area contributed by atoms with Gasteiger partial charge in [0.15, 0.2) is 0 Å². The number of halogens is 1. The van der Waals surface area contributed by atoms with Crippen LogP contribution in [0.2, 0.25) is 0 Å². The molecule has 3 rings (SSSR count). The predicted octanol–water partition coefficient (Wildman–Crippen LogP) is 4.82. The van der Waals surface area contributed by atoms with Gasteiger partial charge in [-0.15, -0.1) is 0 Å². The van der Waals surface area contributed by atoms with Gasteiger partial charge in [0, 0.05) is 11.1 Å². The highest BCUT2D eigenvalue weighted by Gasteiger charge is 2.23. The van der Waals surface area contributed by atoms with Crippen LogP contribution in [0.1, 0.15) is 42.4 Å². The molecule has 0 aliphatic carbocycles. The van der Waals surface area contributed by atoms with Crippen molar-refractivity contribution >= 4 is 5.91 Å². The monoisotopic (exact) mass is 365 g/mol. The molecule has 0 saturated heterocycles. The molecule has 1 amide bonds. The van der Waals surface area contributed by atoms with Gasteiger partial charge in [0.1, 0.15) is 11.5 Å². The standard InChI is InChI=1S/C22H24FN3O/c1-14-10-11-19(15(2)12-14)26-20(21(27)24-22(3,4)5)13-18(25-26)16-8-6-7-9-17(16)23/h6-13H,1-5H3,(H,24,27). The van der Waals surface area contributed by atoms with Crippen LogP contribution in [0.3, 0.4) is 0 Å². The van der Waals surface area contributed by atoms with Gasteiger partial charge in [0.2, 0.25) is 0 Å². The number of aryl methyl sites for hydroxylation is 2. The number of carbonyl (C=O) groups excluding carboxylic acids is 1. The summed E-state index contributed by atoms with van der Waals surface area (Å²) in [5, 5.41) is 7.53. The Morgan fingerprint density at radius 2 is 1.78 bits per heavy atom. The van der Waals surface area contributed by atoms with Gasteiger partial charge in [-0.1, -0.05) is 29.8 Å². The second-order valence-electron chi connectivity index (χ2n) is 7.80. The first kappa shape index (κ1) is 18.8. The van der Waals surface area contributed by atoms with Crippen LogP contribution >= 0.6 is 0 Å². The molecule has 3 aromatic rings. The van der Waals surface area contributed by atoms with Crippen molar-refractivity contribution in [1.82, 2.24) is 15.1 Å². The van der Waals surface area contributed by atoms with Gasteiger partial charge >= 0.3 is 0 Å². The van der Waals surface area contributed by atoms with Crippen molar-refractivity contribution in [3.05, 3.63) is 71.2 Å². The molecule has 1 heterocycles. The SMILES string of the molecule is Cc1ccc(-n2nc(-c3ccccc3F)cc2C(=O)NC(C)(C)C)c(C)c1. The summed E-state index contributed by atoms with van der Waals surface area (Å²) in [7, 11) is 0. The number of amides is 1. The fourth-order valence-electron chi connectivity index (χ4n) is 2.97. The van der Waals surface area contributed by atoms with E-state index in [1.54, 1.807) is 28.9 Å². The van der Waals surface area contributed by atoms with Crippen molar-refractivity contribution in [3.63, 3.8) is 0 Å². The zero-order valence-corrected chi connectivity index (χ0v) is 16.3. The van der Waals surface area contributed by atoms with Gasteiger partial charge in [0.05, 0.1) is 11.4 Å². The lowest BCUT2D eigenvalue weighted by Crippen LogP contribution is -2.41. The first-order valence-electron chi connectivity index (χ1n) is 8.91. The molecule has 0 spiro atoms. The number of hydrogen-bond donors (Lipinski definition) is 1. The first-order valence-corrected chi connectivity index (χ1v) is 8.91. The van der Waals surface area contributed by atoms with Crippen LogP contribution in [0.25, 0.3) is 16.9 Å². The first-order chi connectivity index (χ1) is 12.7. The third kappa shape index (κ3) is 4.08. The Morgan fingerprint density at radius 1 is 1.07 bits per heavy atom. The molecule has 140 valence electrons. The fourth-order valence-corrected chi connectivity index (χ4v) is 2.97. The van der Waals surface area contributed by atoms with Crippen LogP contribution in [-0.2, 0) is 0 Å². The summed E-state index contributed by atoms with van der Waals surface area (Å²) in [5.74, 6) is -0.622. The van der Waals surface area contributed by atoms with E-state index in [4.69, 9.17) is 0 Å². The summed E-state index contributed by atoms with van der Waals surface area (Å²) in [6.07, 6.45) is 0. The Balaban J connectivity index is 2.18. The number of carbonyl (C=O) groups is 1. The lowest BCUT2D eigenvalue weighted by atomic mass is 10.1. The quantitative estimate of drug-likeness (QED) is 0.723. The largest absolute Gasteiger partial charge is 0.346 e. The molecule has 0 fully saturated rings. The average Bonchev–Trinajstić information content (AvgIpc) is 2.98. The second-order valence-corrected chi connectivity index (χ2v) is 7.80. The van der Waals surface area contributed by atoms with Crippen LogP contribution in [-0.4, -0.2) is 21.2 Å². The van der Waals surface area contributed by atoms with E-state index in [0.717, 1.165) is 16.8 Å². The molecule has 0 aliphatic heterocycles. The highest BCUT2D eigenvalue weighted by atomic mass is 19.1. The minimum atomic E-state index is -0.396. The topological polar surface area (TPSA) is 46.9 Å². The van der Waals surface area contributed by atoms with E-state index in [0.29, 0.717) is 17.0 Å². The third-order valence-corrected chi connectivity index (χ3v) is 4.16. The minimum absolute atomic E-state index is 0.252. The highest BCUT2D eigenvalue weighted by Crippen LogP contribution is 2.26. The molecule has 27 heavy (non-hydrogen) atoms. The Labute approximate surface area is 159 Å². The molecule has 1 aromatic heterocycles. The lowest BCUT2D eigenvalue weighted by Gasteiger charge is -2.21. The van der Waals surface area contributed by atoms with Crippen LogP contribution in [0.15, 0.2) is 48.5 Å². The zero-order chi connectivity index (χ0) is 19.8. The normalized spacial score (nSPS) is 11.5. The molecule has 0 saturated carbocycles. The number of aromatic nitrogens is 2. The molecular weight excluding hydrogens is 341 g/mol. The van der Waals surface area contributed by atoms with Crippen molar-refractivity contribution in [1.29, 1.82) is 0 Å². The summed E-state index contributed by atoms with van der Waals surface area (Å²) < 4.78 is 15.9. The maximum absolute atomic E-state index is 14.3. The van der Waals surface area contributed by atoms with E-state index in [9.17, 15) is 9.18 Å². The Morgan fingerprint density at radius 3 is 2.41 bits per heavy atom. The molecule has 4 nitrogen and oxygen atoms in total. The smallest absolute Gasteiger partial charge is 0.270 e. The van der Waals surface area contributed by atoms with E-state index in [-0.39, 0.29) is 11.7 Å². The molecule has 0 aliphatic rings. The maximum atomic E-state index is 14.3. The fraction of sp³-hybridized carbons (Fsp3) is 0.273. The van der Waals surface area contributed by atoms with Crippen molar-refractivity contribution < 1.29 is 9.18 Å². The van der Waals surface area contributed by atoms with Crippen molar-refractivity contribution in [2.24, 2.45) is 0 Å². The van der Waals surface area contributed by atoms with Crippen molar-refractivity contribution in [2.75, 3.05) is 0 Å². The molecule has 0 radical (unpaired) electrons. The van der Waals surface area contributed by atoms with Gasteiger partial charge in [0.25, 0.3) is 5.91 Å². The number of benzene rings is 2. The van der Waals surface area contributed by atoms with Gasteiger partial charge in [-0.25, -0.2) is 9.07 Å². The van der Waals surface area contributed by atoms with Gasteiger partial charge in [-0.2, -0.15) is 5.10 Å². The number of hydrogen-bond acceptors (Lipinski definition) is 2. The van der Waals surface area contributed by atoms with E-state index < -0.39 is 5.54 Å². The predicted molar refractivity (Wildman–Crippen MR) is 106 cm³/mol. The molecule has 0 atom stereocenters. The van der Waals surface area contributed by atoms with Crippen LogP contribution in [0.4, 0.5) is 4.39 Å². The van der Waals surface area contributed by atoms with Gasteiger partial charge < -0.3 is 5.32 Å². The summed E-state index contributed by atoms with van der Waals surface area (Å²) in [6.45, 7) is 9.73. The van der Waals surface area contributed by atoms with Crippen LogP contribution in [0.5, 0.6) is 0 Å². The molecule has 2 aromatic carbocycles. The summed E-state index contributed by atoms with van der Waals surface area (Å²) in [4.78, 5) is 12.9. The second kappa shape index (κ2) is 6.99. The number of rotatable bonds is 3. The number of nitrogens with zero attached hydrogens (tertiary/aromatic N) is 2. The minimum Gasteiger partial charge on any atom is -0.346 e. The molecular formula is C22H24FN3O. The van der Waals surface area contributed by atoms with Crippen LogP contribution < -0.4 is 5.32 Å². The Hall–Kier alpha value is -2.95. The number of nitrogens with one attached hydrogen (secondary N) is 1. The van der Waals surface area contributed by atoms with E-state index >= 15 is 0 Å². The summed E-state index contributed by atoms with van der Waals surface area (Å²) in [6, 6.07) is 14.0. The molecule has 0 unspecified atom stereocenters. The van der Waals surface area contributed by atoms with Crippen molar-refractivity contribution in [3.8, 4) is 16.9 Å². The molecule has 0 bridgehead atoms. The van der Waals surface area contributed by atoms with Crippen LogP contribution in [0, 0.1) is 19.7 Å². The average molecular weight is 365 g/mol. The van der Waals surface area contributed by atoms with E-state index in [2.05, 4.69) is 10.4 Å². The Kier molecular flexibility index (Phi) is 4.87. The van der Waals surface area contributed by atoms with Crippen molar-refractivity contribution in [2.45, 2.75) is 40.2 Å². The molecule has 5 heteroatoms. The van der Waals surface area contributed by atoms with Gasteiger partial charge in [-0.3, -0.25) is 4.79 Å². The molecule has 1 N–H and O–H groups in total. The van der Waals surface area contributed by atoms with E-state index in [1.807, 2.05) is 52.8 Å². The van der Waals surface area contributed by atoms with E-state index in [1.165, 1.54) is 6.07 Å². The lowest BCUT2D eigenvalue weighted by molar-refractivity contribution is 0.0911. The highest BCUT2D eigenvalue weighted by molar-refractivity contribution is 5.95. The summed E-state index contributed by atoms with van der Waals surface area (Å²) >= 11 is 0. The summed E-state index contributed by atoms with van der Waals surface area (Å²) in [5.41, 5.74) is 3.67. The van der Waals surface area contributed by atoms with Gasteiger partial charge in [-0.05, 0) is 64.4 Å². The third-order valence-electron chi connectivity index (χ3n) is 4.16.